The lowest BCUT2D eigenvalue weighted by atomic mass is 10.1. The molecular weight excluding hydrogens is 333 g/mol. The highest BCUT2D eigenvalue weighted by molar-refractivity contribution is 5.97. The number of hydrogen-bond donors (Lipinski definition) is 1. The molecule has 1 fully saturated rings. The van der Waals surface area contributed by atoms with Gasteiger partial charge in [0.1, 0.15) is 11.6 Å². The van der Waals surface area contributed by atoms with Crippen molar-refractivity contribution < 1.29 is 9.18 Å². The van der Waals surface area contributed by atoms with Crippen LogP contribution in [0.1, 0.15) is 29.2 Å². The number of aromatic nitrogens is 2. The summed E-state index contributed by atoms with van der Waals surface area (Å²) < 4.78 is 15.2. The molecule has 0 aliphatic carbocycles. The molecule has 3 heterocycles. The molecule has 4 rings (SSSR count). The molecule has 1 aromatic carbocycles. The first kappa shape index (κ1) is 16.9. The third kappa shape index (κ3) is 3.02. The van der Waals surface area contributed by atoms with Crippen LogP contribution >= 0.6 is 0 Å². The van der Waals surface area contributed by atoms with Crippen LogP contribution in [0.2, 0.25) is 0 Å². The van der Waals surface area contributed by atoms with Gasteiger partial charge in [0.25, 0.3) is 5.91 Å². The fraction of sp³-hybridized carbons (Fsp3) is 0.474. The van der Waals surface area contributed by atoms with Gasteiger partial charge in [-0.2, -0.15) is 0 Å². The lowest BCUT2D eigenvalue weighted by molar-refractivity contribution is 0.0735. The van der Waals surface area contributed by atoms with Crippen LogP contribution in [0, 0.1) is 5.82 Å². The molecule has 1 saturated heterocycles. The minimum Gasteiger partial charge on any atom is -0.371 e. The van der Waals surface area contributed by atoms with Crippen molar-refractivity contribution in [3.63, 3.8) is 0 Å². The van der Waals surface area contributed by atoms with Crippen molar-refractivity contribution in [3.05, 3.63) is 41.6 Å². The number of benzene rings is 1. The number of carbonyl (C=O) groups is 1. The number of carbonyl (C=O) groups excluding carboxylic acids is 1. The van der Waals surface area contributed by atoms with Crippen LogP contribution in [0.5, 0.6) is 0 Å². The summed E-state index contributed by atoms with van der Waals surface area (Å²) in [7, 11) is 1.82. The number of piperazine rings is 1. The van der Waals surface area contributed by atoms with Crippen molar-refractivity contribution in [2.45, 2.75) is 25.8 Å². The second-order valence-electron chi connectivity index (χ2n) is 6.84. The normalized spacial score (nSPS) is 17.2. The van der Waals surface area contributed by atoms with Crippen LogP contribution in [0.4, 0.5) is 15.9 Å². The van der Waals surface area contributed by atoms with E-state index in [-0.39, 0.29) is 11.7 Å². The SMILES string of the molecule is CNc1nc2n(c1C(=O)N1CCN(c3ccc(F)cc3)CC1)CCCC2. The largest absolute Gasteiger partial charge is 0.371 e. The lowest BCUT2D eigenvalue weighted by Crippen LogP contribution is -2.49. The fourth-order valence-corrected chi connectivity index (χ4v) is 3.84. The Morgan fingerprint density at radius 3 is 2.50 bits per heavy atom. The van der Waals surface area contributed by atoms with E-state index in [2.05, 4.69) is 19.8 Å². The summed E-state index contributed by atoms with van der Waals surface area (Å²) >= 11 is 0. The summed E-state index contributed by atoms with van der Waals surface area (Å²) in [5.41, 5.74) is 1.69. The number of rotatable bonds is 3. The number of halogens is 1. The molecular formula is C19H24FN5O. The van der Waals surface area contributed by atoms with Gasteiger partial charge in [0.05, 0.1) is 0 Å². The van der Waals surface area contributed by atoms with E-state index in [0.29, 0.717) is 24.6 Å². The molecule has 0 saturated carbocycles. The van der Waals surface area contributed by atoms with Gasteiger partial charge in [-0.05, 0) is 37.1 Å². The molecule has 1 aromatic heterocycles. The first-order valence-electron chi connectivity index (χ1n) is 9.24. The van der Waals surface area contributed by atoms with Crippen molar-refractivity contribution in [2.75, 3.05) is 43.4 Å². The van der Waals surface area contributed by atoms with Gasteiger partial charge in [0.2, 0.25) is 0 Å². The van der Waals surface area contributed by atoms with E-state index >= 15 is 0 Å². The molecule has 138 valence electrons. The quantitative estimate of drug-likeness (QED) is 0.916. The zero-order valence-electron chi connectivity index (χ0n) is 15.0. The molecule has 2 aliphatic heterocycles. The van der Waals surface area contributed by atoms with E-state index < -0.39 is 0 Å². The van der Waals surface area contributed by atoms with Crippen LogP contribution in [-0.2, 0) is 13.0 Å². The maximum atomic E-state index is 13.2. The molecule has 2 aliphatic rings. The molecule has 6 nitrogen and oxygen atoms in total. The highest BCUT2D eigenvalue weighted by atomic mass is 19.1. The number of hydrogen-bond acceptors (Lipinski definition) is 4. The Labute approximate surface area is 152 Å². The third-order valence-electron chi connectivity index (χ3n) is 5.28. The number of amides is 1. The highest BCUT2D eigenvalue weighted by Gasteiger charge is 2.29. The maximum absolute atomic E-state index is 13.2. The summed E-state index contributed by atoms with van der Waals surface area (Å²) in [5.74, 6) is 1.52. The summed E-state index contributed by atoms with van der Waals surface area (Å²) in [6, 6.07) is 6.54. The molecule has 0 bridgehead atoms. The van der Waals surface area contributed by atoms with E-state index in [0.717, 1.165) is 50.4 Å². The Balaban J connectivity index is 1.49. The van der Waals surface area contributed by atoms with E-state index in [4.69, 9.17) is 0 Å². The standard InChI is InChI=1S/C19H24FN5O/c1-21-18-17(25-9-3-2-4-16(25)22-18)19(26)24-12-10-23(11-13-24)15-7-5-14(20)6-8-15/h5-8,21H,2-4,9-13H2,1H3. The van der Waals surface area contributed by atoms with Crippen molar-refractivity contribution >= 4 is 17.4 Å². The lowest BCUT2D eigenvalue weighted by Gasteiger charge is -2.36. The molecule has 26 heavy (non-hydrogen) atoms. The van der Waals surface area contributed by atoms with Gasteiger partial charge < -0.3 is 19.7 Å². The Kier molecular flexibility index (Phi) is 4.53. The highest BCUT2D eigenvalue weighted by Crippen LogP contribution is 2.25. The van der Waals surface area contributed by atoms with E-state index in [1.54, 1.807) is 12.1 Å². The van der Waals surface area contributed by atoms with Crippen molar-refractivity contribution in [2.24, 2.45) is 0 Å². The fourth-order valence-electron chi connectivity index (χ4n) is 3.84. The Morgan fingerprint density at radius 2 is 1.81 bits per heavy atom. The van der Waals surface area contributed by atoms with Crippen molar-refractivity contribution in [1.29, 1.82) is 0 Å². The topological polar surface area (TPSA) is 53.4 Å². The number of nitrogens with one attached hydrogen (secondary N) is 1. The number of aryl methyl sites for hydroxylation is 1. The first-order valence-corrected chi connectivity index (χ1v) is 9.24. The number of imidazole rings is 1. The van der Waals surface area contributed by atoms with E-state index in [9.17, 15) is 9.18 Å². The molecule has 2 aromatic rings. The zero-order valence-corrected chi connectivity index (χ0v) is 15.0. The van der Waals surface area contributed by atoms with Crippen molar-refractivity contribution in [3.8, 4) is 0 Å². The minimum atomic E-state index is -0.229. The van der Waals surface area contributed by atoms with Gasteiger partial charge in [-0.1, -0.05) is 0 Å². The van der Waals surface area contributed by atoms with E-state index in [1.807, 2.05) is 11.9 Å². The summed E-state index contributed by atoms with van der Waals surface area (Å²) in [6.07, 6.45) is 3.15. The van der Waals surface area contributed by atoms with Crippen LogP contribution in [0.15, 0.2) is 24.3 Å². The molecule has 0 unspecified atom stereocenters. The monoisotopic (exact) mass is 357 g/mol. The van der Waals surface area contributed by atoms with Gasteiger partial charge in [0.15, 0.2) is 11.5 Å². The Morgan fingerprint density at radius 1 is 1.08 bits per heavy atom. The van der Waals surface area contributed by atoms with Crippen LogP contribution < -0.4 is 10.2 Å². The number of fused-ring (bicyclic) bond motifs is 1. The number of nitrogens with zero attached hydrogens (tertiary/aromatic N) is 4. The Bertz CT molecular complexity index is 793. The summed E-state index contributed by atoms with van der Waals surface area (Å²) in [5, 5.41) is 3.09. The molecule has 1 amide bonds. The van der Waals surface area contributed by atoms with Crippen LogP contribution in [0.25, 0.3) is 0 Å². The second kappa shape index (κ2) is 6.97. The van der Waals surface area contributed by atoms with E-state index in [1.165, 1.54) is 12.1 Å². The van der Waals surface area contributed by atoms with Crippen molar-refractivity contribution in [1.82, 2.24) is 14.5 Å². The zero-order chi connectivity index (χ0) is 18.1. The predicted molar refractivity (Wildman–Crippen MR) is 99.2 cm³/mol. The first-order chi connectivity index (χ1) is 12.7. The smallest absolute Gasteiger partial charge is 0.274 e. The third-order valence-corrected chi connectivity index (χ3v) is 5.28. The van der Waals surface area contributed by atoms with Gasteiger partial charge in [-0.15, -0.1) is 0 Å². The average molecular weight is 357 g/mol. The van der Waals surface area contributed by atoms with Crippen LogP contribution in [0.3, 0.4) is 0 Å². The molecule has 0 radical (unpaired) electrons. The van der Waals surface area contributed by atoms with Gasteiger partial charge in [0, 0.05) is 51.9 Å². The summed E-state index contributed by atoms with van der Waals surface area (Å²) in [4.78, 5) is 21.9. The molecule has 1 N–H and O–H groups in total. The van der Waals surface area contributed by atoms with Gasteiger partial charge in [-0.3, -0.25) is 4.79 Å². The predicted octanol–water partition coefficient (Wildman–Crippen LogP) is 2.36. The molecule has 7 heteroatoms. The molecule has 0 atom stereocenters. The summed E-state index contributed by atoms with van der Waals surface area (Å²) in [6.45, 7) is 3.65. The minimum absolute atomic E-state index is 0.0498. The molecule has 0 spiro atoms. The second-order valence-corrected chi connectivity index (χ2v) is 6.84. The average Bonchev–Trinajstić information content (AvgIpc) is 3.07. The van der Waals surface area contributed by atoms with Crippen LogP contribution in [-0.4, -0.2) is 53.6 Å². The number of anilines is 2. The maximum Gasteiger partial charge on any atom is 0.274 e. The Hall–Kier alpha value is -2.57. The van der Waals surface area contributed by atoms with Gasteiger partial charge >= 0.3 is 0 Å². The van der Waals surface area contributed by atoms with Gasteiger partial charge in [-0.25, -0.2) is 9.37 Å².